The SMILES string of the molecule is C[C@@H](NC(=O)C1CCN(C(=O)c2cccc3ccccc23)CC1)c1ccccc1. The van der Waals surface area contributed by atoms with Crippen molar-refractivity contribution >= 4 is 22.6 Å². The molecule has 0 aromatic heterocycles. The van der Waals surface area contributed by atoms with E-state index < -0.39 is 0 Å². The predicted molar refractivity (Wildman–Crippen MR) is 116 cm³/mol. The Hall–Kier alpha value is -3.14. The molecule has 3 aromatic rings. The summed E-state index contributed by atoms with van der Waals surface area (Å²) in [4.78, 5) is 27.6. The molecule has 1 heterocycles. The molecule has 1 aliphatic rings. The minimum Gasteiger partial charge on any atom is -0.349 e. The molecule has 2 amide bonds. The molecule has 0 aliphatic carbocycles. The number of hydrogen-bond acceptors (Lipinski definition) is 2. The summed E-state index contributed by atoms with van der Waals surface area (Å²) in [6.07, 6.45) is 1.40. The average Bonchev–Trinajstić information content (AvgIpc) is 2.79. The quantitative estimate of drug-likeness (QED) is 0.714. The molecule has 0 saturated carbocycles. The first kappa shape index (κ1) is 19.2. The fraction of sp³-hybridized carbons (Fsp3) is 0.280. The normalized spacial score (nSPS) is 15.8. The lowest BCUT2D eigenvalue weighted by molar-refractivity contribution is -0.126. The van der Waals surface area contributed by atoms with E-state index in [1.54, 1.807) is 0 Å². The Morgan fingerprint density at radius 3 is 2.31 bits per heavy atom. The summed E-state index contributed by atoms with van der Waals surface area (Å²) in [6, 6.07) is 23.8. The van der Waals surface area contributed by atoms with Crippen molar-refractivity contribution in [1.29, 1.82) is 0 Å². The molecule has 4 rings (SSSR count). The summed E-state index contributed by atoms with van der Waals surface area (Å²) >= 11 is 0. The van der Waals surface area contributed by atoms with Crippen molar-refractivity contribution in [2.75, 3.05) is 13.1 Å². The molecular weight excluding hydrogens is 360 g/mol. The van der Waals surface area contributed by atoms with E-state index in [1.165, 1.54) is 0 Å². The monoisotopic (exact) mass is 386 g/mol. The second-order valence-electron chi connectivity index (χ2n) is 7.73. The molecule has 1 atom stereocenters. The largest absolute Gasteiger partial charge is 0.349 e. The molecule has 0 radical (unpaired) electrons. The zero-order chi connectivity index (χ0) is 20.2. The maximum atomic E-state index is 13.1. The highest BCUT2D eigenvalue weighted by Gasteiger charge is 2.29. The fourth-order valence-corrected chi connectivity index (χ4v) is 4.08. The Kier molecular flexibility index (Phi) is 5.61. The molecule has 1 aliphatic heterocycles. The Balaban J connectivity index is 1.37. The van der Waals surface area contributed by atoms with Crippen LogP contribution in [0.5, 0.6) is 0 Å². The van der Waals surface area contributed by atoms with Crippen LogP contribution in [0.2, 0.25) is 0 Å². The smallest absolute Gasteiger partial charge is 0.254 e. The lowest BCUT2D eigenvalue weighted by atomic mass is 9.94. The van der Waals surface area contributed by atoms with Crippen molar-refractivity contribution in [3.05, 3.63) is 83.9 Å². The number of likely N-dealkylation sites (tertiary alicyclic amines) is 1. The summed E-state index contributed by atoms with van der Waals surface area (Å²) in [5, 5.41) is 5.18. The van der Waals surface area contributed by atoms with E-state index in [1.807, 2.05) is 84.6 Å². The molecule has 1 N–H and O–H groups in total. The van der Waals surface area contributed by atoms with E-state index >= 15 is 0 Å². The van der Waals surface area contributed by atoms with Crippen molar-refractivity contribution in [3.8, 4) is 0 Å². The first-order valence-corrected chi connectivity index (χ1v) is 10.3. The van der Waals surface area contributed by atoms with Gasteiger partial charge in [0.15, 0.2) is 0 Å². The van der Waals surface area contributed by atoms with Crippen LogP contribution in [0, 0.1) is 5.92 Å². The van der Waals surface area contributed by atoms with Crippen molar-refractivity contribution < 1.29 is 9.59 Å². The summed E-state index contributed by atoms with van der Waals surface area (Å²) in [6.45, 7) is 3.23. The van der Waals surface area contributed by atoms with Gasteiger partial charge in [0.05, 0.1) is 6.04 Å². The van der Waals surface area contributed by atoms with Gasteiger partial charge in [-0.05, 0) is 42.2 Å². The molecule has 1 saturated heterocycles. The molecule has 0 unspecified atom stereocenters. The summed E-state index contributed by atoms with van der Waals surface area (Å²) < 4.78 is 0. The Morgan fingerprint density at radius 2 is 1.55 bits per heavy atom. The van der Waals surface area contributed by atoms with E-state index in [9.17, 15) is 9.59 Å². The van der Waals surface area contributed by atoms with Gasteiger partial charge in [0.1, 0.15) is 0 Å². The number of benzene rings is 3. The summed E-state index contributed by atoms with van der Waals surface area (Å²) in [5.74, 6) is 0.0923. The number of nitrogens with zero attached hydrogens (tertiary/aromatic N) is 1. The Bertz CT molecular complexity index is 1000. The number of carbonyl (C=O) groups is 2. The van der Waals surface area contributed by atoms with Gasteiger partial charge in [0.25, 0.3) is 5.91 Å². The highest BCUT2D eigenvalue weighted by molar-refractivity contribution is 6.07. The third-order valence-corrected chi connectivity index (χ3v) is 5.83. The second-order valence-corrected chi connectivity index (χ2v) is 7.73. The lowest BCUT2D eigenvalue weighted by Gasteiger charge is -2.32. The van der Waals surface area contributed by atoms with Gasteiger partial charge in [-0.3, -0.25) is 9.59 Å². The van der Waals surface area contributed by atoms with Crippen molar-refractivity contribution in [2.45, 2.75) is 25.8 Å². The molecule has 148 valence electrons. The van der Waals surface area contributed by atoms with Crippen LogP contribution in [0.3, 0.4) is 0 Å². The van der Waals surface area contributed by atoms with E-state index in [0.717, 1.165) is 21.9 Å². The van der Waals surface area contributed by atoms with E-state index in [2.05, 4.69) is 5.32 Å². The molecule has 4 nitrogen and oxygen atoms in total. The average molecular weight is 386 g/mol. The molecule has 0 spiro atoms. The van der Waals surface area contributed by atoms with Crippen LogP contribution in [0.1, 0.15) is 41.7 Å². The fourth-order valence-electron chi connectivity index (χ4n) is 4.08. The van der Waals surface area contributed by atoms with Crippen LogP contribution in [-0.2, 0) is 4.79 Å². The molecule has 1 fully saturated rings. The highest BCUT2D eigenvalue weighted by atomic mass is 16.2. The first-order chi connectivity index (χ1) is 14.1. The van der Waals surface area contributed by atoms with Crippen molar-refractivity contribution in [3.63, 3.8) is 0 Å². The van der Waals surface area contributed by atoms with Gasteiger partial charge in [0.2, 0.25) is 5.91 Å². The third kappa shape index (κ3) is 4.16. The van der Waals surface area contributed by atoms with Crippen LogP contribution in [0.15, 0.2) is 72.8 Å². The summed E-state index contributed by atoms with van der Waals surface area (Å²) in [7, 11) is 0. The maximum absolute atomic E-state index is 13.1. The minimum atomic E-state index is -0.0438. The molecule has 0 bridgehead atoms. The van der Waals surface area contributed by atoms with Gasteiger partial charge in [-0.25, -0.2) is 0 Å². The van der Waals surface area contributed by atoms with Gasteiger partial charge < -0.3 is 10.2 Å². The van der Waals surface area contributed by atoms with Crippen LogP contribution in [0.25, 0.3) is 10.8 Å². The number of hydrogen-bond donors (Lipinski definition) is 1. The third-order valence-electron chi connectivity index (χ3n) is 5.83. The van der Waals surface area contributed by atoms with Crippen molar-refractivity contribution in [1.82, 2.24) is 10.2 Å². The van der Waals surface area contributed by atoms with E-state index in [0.29, 0.717) is 25.9 Å². The number of piperidine rings is 1. The topological polar surface area (TPSA) is 49.4 Å². The zero-order valence-electron chi connectivity index (χ0n) is 16.7. The maximum Gasteiger partial charge on any atom is 0.254 e. The number of carbonyl (C=O) groups excluding carboxylic acids is 2. The number of rotatable bonds is 4. The van der Waals surface area contributed by atoms with Gasteiger partial charge in [-0.2, -0.15) is 0 Å². The number of fused-ring (bicyclic) bond motifs is 1. The standard InChI is InChI=1S/C25H26N2O2/c1-18(19-8-3-2-4-9-19)26-24(28)21-14-16-27(17-15-21)25(29)23-13-7-11-20-10-5-6-12-22(20)23/h2-13,18,21H,14-17H2,1H3,(H,26,28)/t18-/m1/s1. The molecule has 4 heteroatoms. The Morgan fingerprint density at radius 1 is 0.897 bits per heavy atom. The van der Waals surface area contributed by atoms with Crippen LogP contribution < -0.4 is 5.32 Å². The predicted octanol–water partition coefficient (Wildman–Crippen LogP) is 4.57. The van der Waals surface area contributed by atoms with E-state index in [-0.39, 0.29) is 23.8 Å². The number of amides is 2. The highest BCUT2D eigenvalue weighted by Crippen LogP contribution is 2.24. The molecule has 29 heavy (non-hydrogen) atoms. The van der Waals surface area contributed by atoms with Crippen LogP contribution >= 0.6 is 0 Å². The van der Waals surface area contributed by atoms with Gasteiger partial charge >= 0.3 is 0 Å². The molecular formula is C25H26N2O2. The van der Waals surface area contributed by atoms with Crippen LogP contribution in [0.4, 0.5) is 0 Å². The van der Waals surface area contributed by atoms with Gasteiger partial charge in [-0.1, -0.05) is 66.7 Å². The van der Waals surface area contributed by atoms with Crippen molar-refractivity contribution in [2.24, 2.45) is 5.92 Å². The Labute approximate surface area is 171 Å². The lowest BCUT2D eigenvalue weighted by Crippen LogP contribution is -2.43. The zero-order valence-corrected chi connectivity index (χ0v) is 16.7. The van der Waals surface area contributed by atoms with Gasteiger partial charge in [0, 0.05) is 24.6 Å². The minimum absolute atomic E-state index is 0.0148. The first-order valence-electron chi connectivity index (χ1n) is 10.3. The second kappa shape index (κ2) is 8.48. The molecule has 3 aromatic carbocycles. The van der Waals surface area contributed by atoms with Gasteiger partial charge in [-0.15, -0.1) is 0 Å². The summed E-state index contributed by atoms with van der Waals surface area (Å²) in [5.41, 5.74) is 1.84. The van der Waals surface area contributed by atoms with E-state index in [4.69, 9.17) is 0 Å². The van der Waals surface area contributed by atoms with Crippen LogP contribution in [-0.4, -0.2) is 29.8 Å². The number of nitrogens with one attached hydrogen (secondary N) is 1.